The molecule has 3 rings (SSSR count). The first kappa shape index (κ1) is 17.9. The molecule has 0 aromatic heterocycles. The van der Waals surface area contributed by atoms with Crippen LogP contribution in [0.5, 0.6) is 0 Å². The Kier molecular flexibility index (Phi) is 5.23. The van der Waals surface area contributed by atoms with E-state index in [1.807, 2.05) is 49.1 Å². The van der Waals surface area contributed by atoms with Crippen molar-refractivity contribution in [3.63, 3.8) is 0 Å². The van der Waals surface area contributed by atoms with Gasteiger partial charge in [0.05, 0.1) is 18.8 Å². The quantitative estimate of drug-likeness (QED) is 0.886. The lowest BCUT2D eigenvalue weighted by molar-refractivity contribution is -0.0370. The maximum atomic E-state index is 12.8. The minimum Gasteiger partial charge on any atom is -0.377 e. The highest BCUT2D eigenvalue weighted by Crippen LogP contribution is 2.22. The summed E-state index contributed by atoms with van der Waals surface area (Å²) in [5.41, 5.74) is 1.60. The van der Waals surface area contributed by atoms with Gasteiger partial charge in [-0.15, -0.1) is 0 Å². The van der Waals surface area contributed by atoms with Gasteiger partial charge in [0.25, 0.3) is 5.91 Å². The summed E-state index contributed by atoms with van der Waals surface area (Å²) in [5, 5.41) is 5.51. The number of nitrogens with zero attached hydrogens (tertiary/aromatic N) is 1. The molecule has 1 fully saturated rings. The zero-order valence-electron chi connectivity index (χ0n) is 15.0. The van der Waals surface area contributed by atoms with E-state index in [0.29, 0.717) is 36.7 Å². The number of benzene rings is 2. The van der Waals surface area contributed by atoms with E-state index < -0.39 is 0 Å². The maximum Gasteiger partial charge on any atom is 0.323 e. The lowest BCUT2D eigenvalue weighted by atomic mass is 10.0. The highest BCUT2D eigenvalue weighted by atomic mass is 16.5. The van der Waals surface area contributed by atoms with Crippen LogP contribution in [0, 0.1) is 0 Å². The van der Waals surface area contributed by atoms with E-state index in [1.165, 1.54) is 0 Å². The van der Waals surface area contributed by atoms with Crippen molar-refractivity contribution in [2.45, 2.75) is 19.4 Å². The second-order valence-electron chi connectivity index (χ2n) is 6.84. The van der Waals surface area contributed by atoms with Gasteiger partial charge >= 0.3 is 6.03 Å². The molecule has 1 aliphatic rings. The van der Waals surface area contributed by atoms with Crippen LogP contribution in [0.3, 0.4) is 0 Å². The van der Waals surface area contributed by atoms with Crippen molar-refractivity contribution in [3.8, 4) is 0 Å². The fourth-order valence-corrected chi connectivity index (χ4v) is 2.90. The average molecular weight is 353 g/mol. The summed E-state index contributed by atoms with van der Waals surface area (Å²) in [6, 6.07) is 15.8. The van der Waals surface area contributed by atoms with Crippen LogP contribution in [0.1, 0.15) is 24.2 Å². The van der Waals surface area contributed by atoms with Crippen LogP contribution in [-0.4, -0.2) is 42.1 Å². The van der Waals surface area contributed by atoms with Gasteiger partial charge in [0.1, 0.15) is 0 Å². The third-order valence-electron chi connectivity index (χ3n) is 4.31. The molecule has 0 aliphatic carbocycles. The molecule has 0 atom stereocenters. The Morgan fingerprint density at radius 2 is 1.58 bits per heavy atom. The number of nitrogens with one attached hydrogen (secondary N) is 2. The van der Waals surface area contributed by atoms with Crippen molar-refractivity contribution in [3.05, 3.63) is 60.2 Å². The predicted octanol–water partition coefficient (Wildman–Crippen LogP) is 3.58. The maximum absolute atomic E-state index is 12.8. The predicted molar refractivity (Wildman–Crippen MR) is 101 cm³/mol. The van der Waals surface area contributed by atoms with Gasteiger partial charge in [-0.1, -0.05) is 18.2 Å². The number of carbonyl (C=O) groups is 2. The van der Waals surface area contributed by atoms with E-state index in [4.69, 9.17) is 4.74 Å². The molecule has 2 N–H and O–H groups in total. The van der Waals surface area contributed by atoms with Gasteiger partial charge in [0, 0.05) is 23.5 Å². The van der Waals surface area contributed by atoms with E-state index >= 15 is 0 Å². The number of anilines is 2. The second-order valence-corrected chi connectivity index (χ2v) is 6.84. The number of morpholine rings is 1. The first-order valence-electron chi connectivity index (χ1n) is 8.58. The summed E-state index contributed by atoms with van der Waals surface area (Å²) in [6.07, 6.45) is 0. The van der Waals surface area contributed by atoms with Crippen LogP contribution < -0.4 is 10.6 Å². The van der Waals surface area contributed by atoms with E-state index in [2.05, 4.69) is 10.6 Å². The number of carbonyl (C=O) groups excluding carboxylic acids is 2. The van der Waals surface area contributed by atoms with Gasteiger partial charge in [-0.05, 0) is 50.2 Å². The Bertz CT molecular complexity index is 773. The van der Waals surface area contributed by atoms with E-state index in [-0.39, 0.29) is 17.5 Å². The van der Waals surface area contributed by atoms with E-state index in [0.717, 1.165) is 0 Å². The third kappa shape index (κ3) is 4.21. The molecule has 0 unspecified atom stereocenters. The standard InChI is InChI=1S/C20H23N3O3/c1-20(2)14-26-13-12-23(20)18(24)15-8-10-17(11-9-15)22-19(25)21-16-6-4-3-5-7-16/h3-11H,12-14H2,1-2H3,(H2,21,22,25). The highest BCUT2D eigenvalue weighted by molar-refractivity contribution is 6.00. The summed E-state index contributed by atoms with van der Waals surface area (Å²) >= 11 is 0. The summed E-state index contributed by atoms with van der Waals surface area (Å²) in [4.78, 5) is 26.6. The molecule has 0 bridgehead atoms. The van der Waals surface area contributed by atoms with Crippen molar-refractivity contribution < 1.29 is 14.3 Å². The molecular formula is C20H23N3O3. The fraction of sp³-hybridized carbons (Fsp3) is 0.300. The minimum absolute atomic E-state index is 0.0291. The van der Waals surface area contributed by atoms with Crippen LogP contribution in [-0.2, 0) is 4.74 Å². The summed E-state index contributed by atoms with van der Waals surface area (Å²) < 4.78 is 5.46. The van der Waals surface area contributed by atoms with Gasteiger partial charge in [-0.2, -0.15) is 0 Å². The number of rotatable bonds is 3. The smallest absolute Gasteiger partial charge is 0.323 e. The van der Waals surface area contributed by atoms with Crippen LogP contribution in [0.25, 0.3) is 0 Å². The molecular weight excluding hydrogens is 330 g/mol. The van der Waals surface area contributed by atoms with Gasteiger partial charge in [-0.25, -0.2) is 4.79 Å². The Morgan fingerprint density at radius 3 is 2.19 bits per heavy atom. The van der Waals surface area contributed by atoms with Gasteiger partial charge in [0.15, 0.2) is 0 Å². The van der Waals surface area contributed by atoms with Crippen molar-refractivity contribution in [2.24, 2.45) is 0 Å². The molecule has 2 aromatic carbocycles. The number of ether oxygens (including phenoxy) is 1. The van der Waals surface area contributed by atoms with Gasteiger partial charge < -0.3 is 20.3 Å². The summed E-state index contributed by atoms with van der Waals surface area (Å²) in [7, 11) is 0. The van der Waals surface area contributed by atoms with Crippen molar-refractivity contribution in [1.29, 1.82) is 0 Å². The first-order chi connectivity index (χ1) is 12.5. The number of hydrogen-bond acceptors (Lipinski definition) is 3. The normalized spacial score (nSPS) is 16.0. The van der Waals surface area contributed by atoms with Crippen molar-refractivity contribution >= 4 is 23.3 Å². The molecule has 6 heteroatoms. The lowest BCUT2D eigenvalue weighted by Gasteiger charge is -2.42. The van der Waals surface area contributed by atoms with Crippen molar-refractivity contribution in [1.82, 2.24) is 4.90 Å². The first-order valence-corrected chi connectivity index (χ1v) is 8.58. The fourth-order valence-electron chi connectivity index (χ4n) is 2.90. The molecule has 1 heterocycles. The summed E-state index contributed by atoms with van der Waals surface area (Å²) in [5.74, 6) is -0.0291. The zero-order valence-corrected chi connectivity index (χ0v) is 15.0. The molecule has 0 spiro atoms. The minimum atomic E-state index is -0.332. The molecule has 26 heavy (non-hydrogen) atoms. The second kappa shape index (κ2) is 7.58. The number of amides is 3. The zero-order chi connectivity index (χ0) is 18.6. The molecule has 0 radical (unpaired) electrons. The molecule has 0 saturated carbocycles. The summed E-state index contributed by atoms with van der Waals surface area (Å²) in [6.45, 7) is 5.64. The Labute approximate surface area is 153 Å². The Morgan fingerprint density at radius 1 is 0.962 bits per heavy atom. The molecule has 2 aromatic rings. The van der Waals surface area contributed by atoms with E-state index in [1.54, 1.807) is 24.3 Å². The monoisotopic (exact) mass is 353 g/mol. The average Bonchev–Trinajstić information content (AvgIpc) is 2.62. The van der Waals surface area contributed by atoms with Crippen LogP contribution in [0.2, 0.25) is 0 Å². The molecule has 136 valence electrons. The largest absolute Gasteiger partial charge is 0.377 e. The lowest BCUT2D eigenvalue weighted by Crippen LogP contribution is -2.55. The third-order valence-corrected chi connectivity index (χ3v) is 4.31. The van der Waals surface area contributed by atoms with E-state index in [9.17, 15) is 9.59 Å². The van der Waals surface area contributed by atoms with Crippen molar-refractivity contribution in [2.75, 3.05) is 30.4 Å². The number of hydrogen-bond donors (Lipinski definition) is 2. The van der Waals surface area contributed by atoms with Crippen LogP contribution >= 0.6 is 0 Å². The van der Waals surface area contributed by atoms with Gasteiger partial charge in [0.2, 0.25) is 0 Å². The molecule has 1 aliphatic heterocycles. The Hall–Kier alpha value is -2.86. The molecule has 1 saturated heterocycles. The van der Waals surface area contributed by atoms with Crippen LogP contribution in [0.15, 0.2) is 54.6 Å². The number of urea groups is 1. The highest BCUT2D eigenvalue weighted by Gasteiger charge is 2.34. The molecule has 6 nitrogen and oxygen atoms in total. The van der Waals surface area contributed by atoms with Gasteiger partial charge in [-0.3, -0.25) is 4.79 Å². The molecule has 3 amide bonds. The Balaban J connectivity index is 1.63. The number of para-hydroxylation sites is 1. The topological polar surface area (TPSA) is 70.7 Å². The SMILES string of the molecule is CC1(C)COCCN1C(=O)c1ccc(NC(=O)Nc2ccccc2)cc1. The van der Waals surface area contributed by atoms with Crippen LogP contribution in [0.4, 0.5) is 16.2 Å².